The van der Waals surface area contributed by atoms with E-state index in [1.54, 1.807) is 0 Å². The minimum Gasteiger partial charge on any atom is -0.481 e. The molecule has 6 nitrogen and oxygen atoms in total. The topological polar surface area (TPSA) is 91.3 Å². The number of carboxylic acids is 1. The van der Waals surface area contributed by atoms with Gasteiger partial charge >= 0.3 is 18.2 Å². The number of nitrogens with zero attached hydrogens (tertiary/aromatic N) is 1. The Labute approximate surface area is 182 Å². The van der Waals surface area contributed by atoms with Crippen LogP contribution in [0.1, 0.15) is 88.3 Å². The fourth-order valence-corrected chi connectivity index (χ4v) is 3.18. The van der Waals surface area contributed by atoms with Crippen molar-refractivity contribution in [2.75, 3.05) is 6.54 Å². The highest BCUT2D eigenvalue weighted by Crippen LogP contribution is 2.27. The zero-order chi connectivity index (χ0) is 23.0. The van der Waals surface area contributed by atoms with Crippen molar-refractivity contribution in [3.05, 3.63) is 29.6 Å². The smallest absolute Gasteiger partial charge is 0.433 e. The molecule has 0 saturated carbocycles. The first-order valence-corrected chi connectivity index (χ1v) is 11.0. The molecule has 2 amide bonds. The van der Waals surface area contributed by atoms with Gasteiger partial charge in [0, 0.05) is 25.7 Å². The summed E-state index contributed by atoms with van der Waals surface area (Å²) in [6.45, 7) is 0.545. The summed E-state index contributed by atoms with van der Waals surface area (Å²) in [4.78, 5) is 25.4. The van der Waals surface area contributed by atoms with Crippen molar-refractivity contribution >= 4 is 12.0 Å². The van der Waals surface area contributed by atoms with E-state index in [1.165, 1.54) is 25.3 Å². The lowest BCUT2D eigenvalue weighted by Crippen LogP contribution is -2.35. The third kappa shape index (κ3) is 14.3. The number of amides is 2. The number of urea groups is 1. The average molecular weight is 446 g/mol. The number of halogens is 3. The molecule has 1 aromatic heterocycles. The van der Waals surface area contributed by atoms with E-state index in [1.807, 2.05) is 0 Å². The summed E-state index contributed by atoms with van der Waals surface area (Å²) < 4.78 is 37.9. The van der Waals surface area contributed by atoms with Crippen LogP contribution in [-0.4, -0.2) is 28.6 Å². The zero-order valence-corrected chi connectivity index (χ0v) is 18.0. The molecule has 0 atom stereocenters. The highest BCUT2D eigenvalue weighted by atomic mass is 19.4. The maximum atomic E-state index is 12.6. The summed E-state index contributed by atoms with van der Waals surface area (Å²) in [5, 5.41) is 13.8. The van der Waals surface area contributed by atoms with E-state index in [2.05, 4.69) is 15.6 Å². The molecule has 0 aliphatic heterocycles. The van der Waals surface area contributed by atoms with Crippen LogP contribution < -0.4 is 10.6 Å². The second-order valence-electron chi connectivity index (χ2n) is 7.69. The van der Waals surface area contributed by atoms with Crippen LogP contribution >= 0.6 is 0 Å². The Morgan fingerprint density at radius 2 is 1.42 bits per heavy atom. The Balaban J connectivity index is 1.93. The summed E-state index contributed by atoms with van der Waals surface area (Å²) in [5.74, 6) is -0.719. The van der Waals surface area contributed by atoms with Crippen molar-refractivity contribution in [3.8, 4) is 0 Å². The number of hydrogen-bond donors (Lipinski definition) is 3. The van der Waals surface area contributed by atoms with E-state index in [0.29, 0.717) is 12.1 Å². The van der Waals surface area contributed by atoms with E-state index in [0.717, 1.165) is 63.6 Å². The van der Waals surface area contributed by atoms with Gasteiger partial charge in [0.15, 0.2) is 0 Å². The fraction of sp³-hybridized carbons (Fsp3) is 0.682. The number of carboxylic acid groups (broad SMARTS) is 1. The second kappa shape index (κ2) is 15.5. The Bertz CT molecular complexity index is 654. The first-order chi connectivity index (χ1) is 14.8. The van der Waals surface area contributed by atoms with Gasteiger partial charge in [-0.3, -0.25) is 9.78 Å². The van der Waals surface area contributed by atoms with Crippen molar-refractivity contribution < 1.29 is 27.9 Å². The number of carbonyl (C=O) groups excluding carboxylic acids is 1. The fourth-order valence-electron chi connectivity index (χ4n) is 3.18. The number of hydrogen-bond acceptors (Lipinski definition) is 3. The van der Waals surface area contributed by atoms with Gasteiger partial charge in [0.25, 0.3) is 0 Å². The number of nitrogens with one attached hydrogen (secondary N) is 2. The lowest BCUT2D eigenvalue weighted by Gasteiger charge is -2.10. The lowest BCUT2D eigenvalue weighted by molar-refractivity contribution is -0.141. The Kier molecular flexibility index (Phi) is 13.3. The third-order valence-corrected chi connectivity index (χ3v) is 4.92. The van der Waals surface area contributed by atoms with Gasteiger partial charge in [0.2, 0.25) is 0 Å². The summed E-state index contributed by atoms with van der Waals surface area (Å²) >= 11 is 0. The molecule has 0 aromatic carbocycles. The Morgan fingerprint density at radius 3 is 1.97 bits per heavy atom. The molecular weight excluding hydrogens is 411 g/mol. The molecule has 1 rings (SSSR count). The largest absolute Gasteiger partial charge is 0.481 e. The molecule has 0 aliphatic carbocycles. The Morgan fingerprint density at radius 1 is 0.871 bits per heavy atom. The van der Waals surface area contributed by atoms with Gasteiger partial charge in [-0.1, -0.05) is 57.8 Å². The number of aromatic nitrogens is 1. The van der Waals surface area contributed by atoms with Crippen LogP contribution in [0.25, 0.3) is 0 Å². The van der Waals surface area contributed by atoms with Crippen LogP contribution in [0.15, 0.2) is 18.3 Å². The molecule has 0 aliphatic rings. The average Bonchev–Trinajstić information content (AvgIpc) is 2.72. The number of carbonyl (C=O) groups is 2. The van der Waals surface area contributed by atoms with Crippen LogP contribution in [0.4, 0.5) is 18.0 Å². The molecular formula is C22H34F3N3O3. The number of alkyl halides is 3. The van der Waals surface area contributed by atoms with Crippen molar-refractivity contribution in [2.45, 2.75) is 89.8 Å². The molecule has 176 valence electrons. The number of unbranched alkanes of at least 4 members (excludes halogenated alkanes) is 10. The quantitative estimate of drug-likeness (QED) is 0.286. The van der Waals surface area contributed by atoms with Crippen molar-refractivity contribution in [1.82, 2.24) is 15.6 Å². The van der Waals surface area contributed by atoms with Gasteiger partial charge in [-0.2, -0.15) is 13.2 Å². The second-order valence-corrected chi connectivity index (χ2v) is 7.69. The summed E-state index contributed by atoms with van der Waals surface area (Å²) in [7, 11) is 0. The van der Waals surface area contributed by atoms with Crippen LogP contribution in [0.3, 0.4) is 0 Å². The highest BCUT2D eigenvalue weighted by molar-refractivity contribution is 5.73. The van der Waals surface area contributed by atoms with Gasteiger partial charge in [-0.05, 0) is 30.5 Å². The molecule has 31 heavy (non-hydrogen) atoms. The van der Waals surface area contributed by atoms with E-state index in [4.69, 9.17) is 5.11 Å². The molecule has 3 N–H and O–H groups in total. The van der Waals surface area contributed by atoms with Gasteiger partial charge in [0.1, 0.15) is 5.69 Å². The SMILES string of the molecule is O=C(O)CCCCCCCCCCCCCNC(=O)NCc1ccnc(C(F)(F)F)c1. The molecule has 0 saturated heterocycles. The summed E-state index contributed by atoms with van der Waals surface area (Å²) in [6, 6.07) is 1.98. The van der Waals surface area contributed by atoms with Crippen molar-refractivity contribution in [1.29, 1.82) is 0 Å². The zero-order valence-electron chi connectivity index (χ0n) is 18.0. The standard InChI is InChI=1S/C22H34F3N3O3/c23-22(24,25)19-16-18(13-15-26-19)17-28-21(31)27-14-11-9-7-5-3-1-2-4-6-8-10-12-20(29)30/h13,15-16H,1-12,14,17H2,(H,29,30)(H2,27,28,31). The highest BCUT2D eigenvalue weighted by Gasteiger charge is 2.32. The molecule has 0 unspecified atom stereocenters. The third-order valence-electron chi connectivity index (χ3n) is 4.92. The van der Waals surface area contributed by atoms with Gasteiger partial charge in [-0.25, -0.2) is 4.79 Å². The van der Waals surface area contributed by atoms with E-state index in [9.17, 15) is 22.8 Å². The first kappa shape index (κ1) is 26.7. The van der Waals surface area contributed by atoms with Gasteiger partial charge in [-0.15, -0.1) is 0 Å². The Hall–Kier alpha value is -2.32. The van der Waals surface area contributed by atoms with Crippen LogP contribution in [0.5, 0.6) is 0 Å². The molecule has 9 heteroatoms. The maximum Gasteiger partial charge on any atom is 0.433 e. The van der Waals surface area contributed by atoms with E-state index >= 15 is 0 Å². The molecule has 0 bridgehead atoms. The first-order valence-electron chi connectivity index (χ1n) is 11.0. The molecule has 1 heterocycles. The summed E-state index contributed by atoms with van der Waals surface area (Å²) in [5.41, 5.74) is -0.624. The molecule has 0 fully saturated rings. The van der Waals surface area contributed by atoms with E-state index < -0.39 is 23.9 Å². The maximum absolute atomic E-state index is 12.6. The molecule has 0 spiro atoms. The minimum absolute atomic E-state index is 0.0109. The minimum atomic E-state index is -4.50. The van der Waals surface area contributed by atoms with Crippen molar-refractivity contribution in [2.24, 2.45) is 0 Å². The lowest BCUT2D eigenvalue weighted by atomic mass is 10.1. The number of rotatable bonds is 16. The van der Waals surface area contributed by atoms with Gasteiger partial charge in [0.05, 0.1) is 0 Å². The molecule has 0 radical (unpaired) electrons. The van der Waals surface area contributed by atoms with Crippen LogP contribution in [0.2, 0.25) is 0 Å². The van der Waals surface area contributed by atoms with E-state index in [-0.39, 0.29) is 13.0 Å². The van der Waals surface area contributed by atoms with Crippen LogP contribution in [0, 0.1) is 0 Å². The number of pyridine rings is 1. The van der Waals surface area contributed by atoms with Gasteiger partial charge < -0.3 is 15.7 Å². The normalized spacial score (nSPS) is 11.3. The summed E-state index contributed by atoms with van der Waals surface area (Å²) in [6.07, 6.45) is 8.62. The predicted octanol–water partition coefficient (Wildman–Crippen LogP) is 5.67. The van der Waals surface area contributed by atoms with Crippen molar-refractivity contribution in [3.63, 3.8) is 0 Å². The monoisotopic (exact) mass is 445 g/mol. The molecule has 1 aromatic rings. The predicted molar refractivity (Wildman–Crippen MR) is 113 cm³/mol. The van der Waals surface area contributed by atoms with Crippen LogP contribution in [-0.2, 0) is 17.5 Å². The number of aliphatic carboxylic acids is 1.